The standard InChI is InChI=1S/C12H15Cl2N5O/c1-8(15-6-7-20-2)12-16-17-18-19(12)10-5-3-4-9(13)11(10)14/h3-5,8,15H,6-7H2,1-2H3. The van der Waals surface area contributed by atoms with E-state index in [9.17, 15) is 0 Å². The van der Waals surface area contributed by atoms with Crippen molar-refractivity contribution in [1.82, 2.24) is 25.5 Å². The molecule has 2 aromatic rings. The van der Waals surface area contributed by atoms with Gasteiger partial charge in [0.05, 0.1) is 28.4 Å². The van der Waals surface area contributed by atoms with Crippen LogP contribution in [0.2, 0.25) is 10.0 Å². The van der Waals surface area contributed by atoms with Crippen LogP contribution in [0, 0.1) is 0 Å². The molecule has 0 bridgehead atoms. The van der Waals surface area contributed by atoms with E-state index in [1.54, 1.807) is 23.9 Å². The van der Waals surface area contributed by atoms with E-state index in [1.807, 2.05) is 13.0 Å². The molecule has 108 valence electrons. The molecule has 1 unspecified atom stereocenters. The van der Waals surface area contributed by atoms with E-state index in [0.717, 1.165) is 0 Å². The number of halogens is 2. The zero-order valence-electron chi connectivity index (χ0n) is 11.2. The Bertz CT molecular complexity index is 575. The minimum Gasteiger partial charge on any atom is -0.383 e. The fourth-order valence-electron chi connectivity index (χ4n) is 1.76. The Hall–Kier alpha value is -1.21. The number of ether oxygens (including phenoxy) is 1. The van der Waals surface area contributed by atoms with Gasteiger partial charge in [-0.05, 0) is 29.5 Å². The zero-order valence-corrected chi connectivity index (χ0v) is 12.7. The molecule has 0 spiro atoms. The van der Waals surface area contributed by atoms with Crippen molar-refractivity contribution in [2.45, 2.75) is 13.0 Å². The number of hydrogen-bond acceptors (Lipinski definition) is 5. The molecule has 1 N–H and O–H groups in total. The smallest absolute Gasteiger partial charge is 0.173 e. The van der Waals surface area contributed by atoms with Crippen molar-refractivity contribution in [3.05, 3.63) is 34.1 Å². The Balaban J connectivity index is 2.26. The van der Waals surface area contributed by atoms with E-state index < -0.39 is 0 Å². The van der Waals surface area contributed by atoms with Gasteiger partial charge in [-0.15, -0.1) is 5.10 Å². The zero-order chi connectivity index (χ0) is 14.5. The average Bonchev–Trinajstić information content (AvgIpc) is 2.91. The van der Waals surface area contributed by atoms with Crippen molar-refractivity contribution >= 4 is 23.2 Å². The maximum atomic E-state index is 6.20. The van der Waals surface area contributed by atoms with E-state index in [2.05, 4.69) is 20.8 Å². The van der Waals surface area contributed by atoms with Crippen LogP contribution >= 0.6 is 23.2 Å². The Morgan fingerprint density at radius 2 is 2.20 bits per heavy atom. The molecular weight excluding hydrogens is 301 g/mol. The molecule has 0 radical (unpaired) electrons. The van der Waals surface area contributed by atoms with E-state index in [1.165, 1.54) is 0 Å². The van der Waals surface area contributed by atoms with Gasteiger partial charge in [0, 0.05) is 13.7 Å². The normalized spacial score (nSPS) is 12.6. The quantitative estimate of drug-likeness (QED) is 0.828. The molecule has 0 aliphatic carbocycles. The first-order valence-electron chi connectivity index (χ1n) is 6.10. The molecule has 20 heavy (non-hydrogen) atoms. The molecule has 6 nitrogen and oxygen atoms in total. The summed E-state index contributed by atoms with van der Waals surface area (Å²) >= 11 is 12.2. The van der Waals surface area contributed by atoms with Crippen LogP contribution in [0.4, 0.5) is 0 Å². The molecule has 1 aromatic heterocycles. The van der Waals surface area contributed by atoms with Gasteiger partial charge in [-0.2, -0.15) is 4.68 Å². The van der Waals surface area contributed by atoms with Gasteiger partial charge in [0.1, 0.15) is 0 Å². The van der Waals surface area contributed by atoms with E-state index in [-0.39, 0.29) is 6.04 Å². The largest absolute Gasteiger partial charge is 0.383 e. The van der Waals surface area contributed by atoms with Crippen molar-refractivity contribution < 1.29 is 4.74 Å². The molecule has 1 aromatic carbocycles. The monoisotopic (exact) mass is 315 g/mol. The molecule has 1 heterocycles. The molecule has 8 heteroatoms. The first kappa shape index (κ1) is 15.2. The predicted molar refractivity (Wildman–Crippen MR) is 77.5 cm³/mol. The Kier molecular flexibility index (Phi) is 5.31. The lowest BCUT2D eigenvalue weighted by atomic mass is 10.2. The SMILES string of the molecule is COCCNC(C)c1nnnn1-c1cccc(Cl)c1Cl. The van der Waals surface area contributed by atoms with Crippen molar-refractivity contribution in [3.8, 4) is 5.69 Å². The van der Waals surface area contributed by atoms with Crippen LogP contribution in [0.3, 0.4) is 0 Å². The third-order valence-electron chi connectivity index (χ3n) is 2.80. The van der Waals surface area contributed by atoms with Gasteiger partial charge in [0.15, 0.2) is 5.82 Å². The molecule has 0 amide bonds. The number of nitrogens with zero attached hydrogens (tertiary/aromatic N) is 4. The Morgan fingerprint density at radius 3 is 2.95 bits per heavy atom. The summed E-state index contributed by atoms with van der Waals surface area (Å²) in [5, 5.41) is 15.9. The first-order chi connectivity index (χ1) is 9.65. The number of tetrazole rings is 1. The third kappa shape index (κ3) is 3.27. The maximum Gasteiger partial charge on any atom is 0.173 e. The summed E-state index contributed by atoms with van der Waals surface area (Å²) in [7, 11) is 1.65. The summed E-state index contributed by atoms with van der Waals surface area (Å²) in [5.74, 6) is 0.658. The van der Waals surface area contributed by atoms with Crippen LogP contribution in [-0.4, -0.2) is 40.5 Å². The lowest BCUT2D eigenvalue weighted by Gasteiger charge is -2.14. The Labute approximate surface area is 127 Å². The summed E-state index contributed by atoms with van der Waals surface area (Å²) in [4.78, 5) is 0. The van der Waals surface area contributed by atoms with Crippen molar-refractivity contribution in [2.75, 3.05) is 20.3 Å². The second kappa shape index (κ2) is 6.99. The molecule has 0 fully saturated rings. The highest BCUT2D eigenvalue weighted by Gasteiger charge is 2.17. The lowest BCUT2D eigenvalue weighted by molar-refractivity contribution is 0.196. The van der Waals surface area contributed by atoms with Crippen LogP contribution in [0.15, 0.2) is 18.2 Å². The molecular formula is C12H15Cl2N5O. The van der Waals surface area contributed by atoms with Gasteiger partial charge in [-0.3, -0.25) is 0 Å². The average molecular weight is 316 g/mol. The summed E-state index contributed by atoms with van der Waals surface area (Å²) in [6.07, 6.45) is 0. The summed E-state index contributed by atoms with van der Waals surface area (Å²) < 4.78 is 6.58. The second-order valence-corrected chi connectivity index (χ2v) is 4.98. The van der Waals surface area contributed by atoms with Gasteiger partial charge < -0.3 is 10.1 Å². The van der Waals surface area contributed by atoms with Crippen LogP contribution in [0.1, 0.15) is 18.8 Å². The fraction of sp³-hybridized carbons (Fsp3) is 0.417. The fourth-order valence-corrected chi connectivity index (χ4v) is 2.14. The predicted octanol–water partition coefficient (Wildman–Crippen LogP) is 2.27. The van der Waals surface area contributed by atoms with E-state index in [4.69, 9.17) is 27.9 Å². The highest BCUT2D eigenvalue weighted by atomic mass is 35.5. The Morgan fingerprint density at radius 1 is 1.40 bits per heavy atom. The van der Waals surface area contributed by atoms with Gasteiger partial charge in [-0.25, -0.2) is 0 Å². The number of aromatic nitrogens is 4. The topological polar surface area (TPSA) is 64.9 Å². The van der Waals surface area contributed by atoms with Gasteiger partial charge in [0.25, 0.3) is 0 Å². The van der Waals surface area contributed by atoms with Crippen LogP contribution in [-0.2, 0) is 4.74 Å². The molecule has 1 atom stereocenters. The van der Waals surface area contributed by atoms with Crippen molar-refractivity contribution in [1.29, 1.82) is 0 Å². The van der Waals surface area contributed by atoms with Gasteiger partial charge in [-0.1, -0.05) is 29.3 Å². The minimum absolute atomic E-state index is 0.0461. The second-order valence-electron chi connectivity index (χ2n) is 4.19. The van der Waals surface area contributed by atoms with Gasteiger partial charge >= 0.3 is 0 Å². The third-order valence-corrected chi connectivity index (χ3v) is 3.61. The molecule has 0 aliphatic heterocycles. The summed E-state index contributed by atoms with van der Waals surface area (Å²) in [5.41, 5.74) is 0.652. The summed E-state index contributed by atoms with van der Waals surface area (Å²) in [6.45, 7) is 3.29. The highest BCUT2D eigenvalue weighted by molar-refractivity contribution is 6.43. The van der Waals surface area contributed by atoms with E-state index in [0.29, 0.717) is 34.7 Å². The lowest BCUT2D eigenvalue weighted by Crippen LogP contribution is -2.25. The number of methoxy groups -OCH3 is 1. The van der Waals surface area contributed by atoms with E-state index >= 15 is 0 Å². The van der Waals surface area contributed by atoms with Crippen molar-refractivity contribution in [3.63, 3.8) is 0 Å². The minimum atomic E-state index is -0.0461. The number of benzene rings is 1. The molecule has 2 rings (SSSR count). The molecule has 0 aliphatic rings. The summed E-state index contributed by atoms with van der Waals surface area (Å²) in [6, 6.07) is 5.29. The molecule has 0 saturated heterocycles. The maximum absolute atomic E-state index is 6.20. The van der Waals surface area contributed by atoms with Gasteiger partial charge in [0.2, 0.25) is 0 Å². The first-order valence-corrected chi connectivity index (χ1v) is 6.85. The van der Waals surface area contributed by atoms with Crippen LogP contribution < -0.4 is 5.32 Å². The molecule has 0 saturated carbocycles. The number of rotatable bonds is 6. The van der Waals surface area contributed by atoms with Crippen LogP contribution in [0.25, 0.3) is 5.69 Å². The van der Waals surface area contributed by atoms with Crippen LogP contribution in [0.5, 0.6) is 0 Å². The number of nitrogens with one attached hydrogen (secondary N) is 1. The van der Waals surface area contributed by atoms with Crippen molar-refractivity contribution in [2.24, 2.45) is 0 Å². The highest BCUT2D eigenvalue weighted by Crippen LogP contribution is 2.29. The number of hydrogen-bond donors (Lipinski definition) is 1.